The van der Waals surface area contributed by atoms with Crippen molar-refractivity contribution in [3.63, 3.8) is 0 Å². The molecular formula is C12H20N2O5S. The maximum absolute atomic E-state index is 12.3. The van der Waals surface area contributed by atoms with Crippen molar-refractivity contribution in [3.8, 4) is 0 Å². The van der Waals surface area contributed by atoms with Crippen molar-refractivity contribution in [1.82, 2.24) is 9.88 Å². The molecule has 0 amide bonds. The maximum Gasteiger partial charge on any atom is 0.245 e. The number of hydrogen-bond donors (Lipinski definition) is 2. The molecule has 8 heteroatoms. The lowest BCUT2D eigenvalue weighted by molar-refractivity contribution is -0.0126. The van der Waals surface area contributed by atoms with Crippen molar-refractivity contribution in [3.05, 3.63) is 11.5 Å². The number of nitrogens with zero attached hydrogens (tertiary/aromatic N) is 1. The first-order valence-corrected chi connectivity index (χ1v) is 8.00. The molecule has 114 valence electrons. The van der Waals surface area contributed by atoms with E-state index in [1.165, 1.54) is 0 Å². The van der Waals surface area contributed by atoms with E-state index in [1.54, 1.807) is 13.8 Å². The Morgan fingerprint density at radius 1 is 1.35 bits per heavy atom. The molecule has 7 nitrogen and oxygen atoms in total. The Bertz CT molecular complexity index is 541. The van der Waals surface area contributed by atoms with Gasteiger partial charge in [0.15, 0.2) is 5.76 Å². The first kappa shape index (κ1) is 15.4. The van der Waals surface area contributed by atoms with Gasteiger partial charge in [-0.3, -0.25) is 0 Å². The van der Waals surface area contributed by atoms with E-state index in [-0.39, 0.29) is 23.8 Å². The third kappa shape index (κ3) is 3.03. The molecule has 0 bridgehead atoms. The van der Waals surface area contributed by atoms with Crippen LogP contribution >= 0.6 is 0 Å². The number of aliphatic hydroxyl groups excluding tert-OH is 1. The Morgan fingerprint density at radius 2 is 2.00 bits per heavy atom. The number of rotatable bonds is 5. The van der Waals surface area contributed by atoms with Crippen molar-refractivity contribution in [2.45, 2.75) is 31.6 Å². The first-order chi connectivity index (χ1) is 9.40. The van der Waals surface area contributed by atoms with Crippen LogP contribution in [-0.4, -0.2) is 45.0 Å². The minimum Gasteiger partial charge on any atom is -0.396 e. The van der Waals surface area contributed by atoms with Crippen LogP contribution in [0.3, 0.4) is 0 Å². The van der Waals surface area contributed by atoms with Gasteiger partial charge in [-0.05, 0) is 26.7 Å². The second-order valence-electron chi connectivity index (χ2n) is 5.25. The Hall–Kier alpha value is -0.960. The monoisotopic (exact) mass is 304 g/mol. The van der Waals surface area contributed by atoms with Crippen LogP contribution in [0.2, 0.25) is 0 Å². The second-order valence-corrected chi connectivity index (χ2v) is 6.95. The fourth-order valence-corrected chi connectivity index (χ4v) is 3.86. The summed E-state index contributed by atoms with van der Waals surface area (Å²) in [4.78, 5) is 0.0812. The summed E-state index contributed by atoms with van der Waals surface area (Å²) in [6.45, 7) is 4.33. The second kappa shape index (κ2) is 5.80. The van der Waals surface area contributed by atoms with E-state index in [4.69, 9.17) is 9.26 Å². The van der Waals surface area contributed by atoms with Crippen LogP contribution in [0.15, 0.2) is 9.42 Å². The number of aromatic nitrogens is 1. The molecule has 2 heterocycles. The summed E-state index contributed by atoms with van der Waals surface area (Å²) in [5, 5.41) is 13.2. The summed E-state index contributed by atoms with van der Waals surface area (Å²) >= 11 is 0. The van der Waals surface area contributed by atoms with Crippen molar-refractivity contribution in [1.29, 1.82) is 0 Å². The molecule has 2 N–H and O–H groups in total. The lowest BCUT2D eigenvalue weighted by Crippen LogP contribution is -2.43. The highest BCUT2D eigenvalue weighted by atomic mass is 32.2. The fourth-order valence-electron chi connectivity index (χ4n) is 2.37. The number of aryl methyl sites for hydroxylation is 2. The zero-order valence-electron chi connectivity index (χ0n) is 11.7. The van der Waals surface area contributed by atoms with E-state index >= 15 is 0 Å². The van der Waals surface area contributed by atoms with Gasteiger partial charge in [0, 0.05) is 25.2 Å². The Morgan fingerprint density at radius 3 is 2.50 bits per heavy atom. The normalized spacial score (nSPS) is 19.1. The average molecular weight is 304 g/mol. The van der Waals surface area contributed by atoms with Gasteiger partial charge >= 0.3 is 0 Å². The van der Waals surface area contributed by atoms with Crippen molar-refractivity contribution in [2.24, 2.45) is 5.41 Å². The van der Waals surface area contributed by atoms with Gasteiger partial charge < -0.3 is 14.4 Å². The van der Waals surface area contributed by atoms with Crippen LogP contribution in [0, 0.1) is 19.3 Å². The Balaban J connectivity index is 2.13. The van der Waals surface area contributed by atoms with Crippen molar-refractivity contribution in [2.75, 3.05) is 26.4 Å². The molecular weight excluding hydrogens is 284 g/mol. The SMILES string of the molecule is Cc1noc(C)c1S(=O)(=O)NCC1(CO)CCOCC1. The van der Waals surface area contributed by atoms with E-state index < -0.39 is 15.4 Å². The summed E-state index contributed by atoms with van der Waals surface area (Å²) in [7, 11) is -3.68. The van der Waals surface area contributed by atoms with Crippen molar-refractivity contribution >= 4 is 10.0 Å². The molecule has 1 saturated heterocycles. The summed E-state index contributed by atoms with van der Waals surface area (Å²) in [5.74, 6) is 0.264. The molecule has 0 aromatic carbocycles. The minimum absolute atomic E-state index is 0.0690. The number of hydrogen-bond acceptors (Lipinski definition) is 6. The van der Waals surface area contributed by atoms with Gasteiger partial charge in [0.25, 0.3) is 0 Å². The predicted molar refractivity (Wildman–Crippen MR) is 70.7 cm³/mol. The Labute approximate surface area is 118 Å². The van der Waals surface area contributed by atoms with Gasteiger partial charge in [-0.25, -0.2) is 13.1 Å². The summed E-state index contributed by atoms with van der Waals surface area (Å²) in [6.07, 6.45) is 1.27. The highest BCUT2D eigenvalue weighted by Crippen LogP contribution is 2.30. The molecule has 0 spiro atoms. The van der Waals surface area contributed by atoms with Crippen molar-refractivity contribution < 1.29 is 22.8 Å². The molecule has 20 heavy (non-hydrogen) atoms. The van der Waals surface area contributed by atoms with Gasteiger partial charge in [-0.2, -0.15) is 0 Å². The summed E-state index contributed by atoms with van der Waals surface area (Å²) in [5.41, 5.74) is -0.121. The molecule has 0 radical (unpaired) electrons. The lowest BCUT2D eigenvalue weighted by atomic mass is 9.81. The zero-order valence-corrected chi connectivity index (χ0v) is 12.5. The summed E-state index contributed by atoms with van der Waals surface area (Å²) < 4.78 is 37.3. The van der Waals surface area contributed by atoms with Gasteiger partial charge in [0.1, 0.15) is 10.6 Å². The zero-order chi connectivity index (χ0) is 14.8. The minimum atomic E-state index is -3.68. The molecule has 0 saturated carbocycles. The third-order valence-electron chi connectivity index (χ3n) is 3.76. The molecule has 0 atom stereocenters. The van der Waals surface area contributed by atoms with Gasteiger partial charge in [0.2, 0.25) is 10.0 Å². The molecule has 0 aliphatic carbocycles. The third-order valence-corrected chi connectivity index (χ3v) is 5.41. The molecule has 1 fully saturated rings. The van der Waals surface area contributed by atoms with Crippen LogP contribution in [0.1, 0.15) is 24.3 Å². The number of aliphatic hydroxyl groups is 1. The van der Waals surface area contributed by atoms with E-state index in [0.29, 0.717) is 31.7 Å². The standard InChI is InChI=1S/C12H20N2O5S/c1-9-11(10(2)19-14-9)20(16,17)13-7-12(8-15)3-5-18-6-4-12/h13,15H,3-8H2,1-2H3. The van der Waals surface area contributed by atoms with E-state index in [9.17, 15) is 13.5 Å². The highest BCUT2D eigenvalue weighted by molar-refractivity contribution is 7.89. The fraction of sp³-hybridized carbons (Fsp3) is 0.750. The maximum atomic E-state index is 12.3. The Kier molecular flexibility index (Phi) is 4.48. The molecule has 2 rings (SSSR count). The van der Waals surface area contributed by atoms with E-state index in [2.05, 4.69) is 9.88 Å². The molecule has 1 aliphatic heterocycles. The number of ether oxygens (including phenoxy) is 1. The van der Waals surface area contributed by atoms with Gasteiger partial charge in [-0.15, -0.1) is 0 Å². The molecule has 1 aromatic heterocycles. The number of sulfonamides is 1. The number of nitrogens with one attached hydrogen (secondary N) is 1. The average Bonchev–Trinajstić information content (AvgIpc) is 2.78. The van der Waals surface area contributed by atoms with Crippen LogP contribution in [0.5, 0.6) is 0 Å². The smallest absolute Gasteiger partial charge is 0.245 e. The first-order valence-electron chi connectivity index (χ1n) is 6.51. The van der Waals surface area contributed by atoms with Crippen LogP contribution in [0.4, 0.5) is 0 Å². The predicted octanol–water partition coefficient (Wildman–Crippen LogP) is 0.359. The van der Waals surface area contributed by atoms with Gasteiger partial charge in [-0.1, -0.05) is 5.16 Å². The molecule has 0 unspecified atom stereocenters. The largest absolute Gasteiger partial charge is 0.396 e. The van der Waals surface area contributed by atoms with Crippen LogP contribution in [0.25, 0.3) is 0 Å². The molecule has 1 aliphatic rings. The molecule has 1 aromatic rings. The summed E-state index contributed by atoms with van der Waals surface area (Å²) in [6, 6.07) is 0. The van der Waals surface area contributed by atoms with E-state index in [1.807, 2.05) is 0 Å². The highest BCUT2D eigenvalue weighted by Gasteiger charge is 2.34. The lowest BCUT2D eigenvalue weighted by Gasteiger charge is -2.35. The van der Waals surface area contributed by atoms with Crippen LogP contribution in [-0.2, 0) is 14.8 Å². The van der Waals surface area contributed by atoms with Gasteiger partial charge in [0.05, 0.1) is 6.61 Å². The topological polar surface area (TPSA) is 102 Å². The van der Waals surface area contributed by atoms with E-state index in [0.717, 1.165) is 0 Å². The quantitative estimate of drug-likeness (QED) is 0.814. The van der Waals surface area contributed by atoms with Crippen LogP contribution < -0.4 is 4.72 Å².